The van der Waals surface area contributed by atoms with Crippen molar-refractivity contribution in [2.24, 2.45) is 14.1 Å². The fourth-order valence-corrected chi connectivity index (χ4v) is 1.48. The summed E-state index contributed by atoms with van der Waals surface area (Å²) >= 11 is 0. The maximum Gasteiger partial charge on any atom is 0.331 e. The molecule has 2 rings (SSSR count). The predicted molar refractivity (Wildman–Crippen MR) is 60.2 cm³/mol. The largest absolute Gasteiger partial charge is 0.331 e. The van der Waals surface area contributed by atoms with Crippen LogP contribution in [0, 0.1) is 0 Å². The van der Waals surface area contributed by atoms with Gasteiger partial charge in [-0.25, -0.2) is 9.78 Å². The van der Waals surface area contributed by atoms with Crippen molar-refractivity contribution >= 4 is 11.3 Å². The summed E-state index contributed by atoms with van der Waals surface area (Å²) in [7, 11) is 3.35. The zero-order valence-corrected chi connectivity index (χ0v) is 10.1. The first-order valence-corrected chi connectivity index (χ1v) is 5.09. The lowest BCUT2D eigenvalue weighted by molar-refractivity contribution is 0.536. The van der Waals surface area contributed by atoms with E-state index in [0.717, 1.165) is 0 Å². The Bertz CT molecular complexity index is 602. The molecule has 0 N–H and O–H groups in total. The molecule has 0 fully saturated rings. The number of imidazole rings is 1. The highest BCUT2D eigenvalue weighted by atomic mass is 16.1. The van der Waals surface area contributed by atoms with E-state index in [-0.39, 0.29) is 11.1 Å². The van der Waals surface area contributed by atoms with Gasteiger partial charge in [-0.3, -0.25) is 9.13 Å². The Morgan fingerprint density at radius 3 is 2.12 bits per heavy atom. The molecular weight excluding hydrogens is 206 g/mol. The Hall–Kier alpha value is -1.72. The third kappa shape index (κ3) is 1.41. The van der Waals surface area contributed by atoms with E-state index in [0.29, 0.717) is 17.1 Å². The first-order valence-electron chi connectivity index (χ1n) is 5.09. The maximum atomic E-state index is 11.7. The van der Waals surface area contributed by atoms with Crippen molar-refractivity contribution in [3.05, 3.63) is 16.3 Å². The molecule has 16 heavy (non-hydrogen) atoms. The zero-order chi connectivity index (χ0) is 12.1. The van der Waals surface area contributed by atoms with Crippen LogP contribution in [-0.4, -0.2) is 24.3 Å². The van der Waals surface area contributed by atoms with Crippen LogP contribution in [0.3, 0.4) is 0 Å². The second kappa shape index (κ2) is 3.13. The van der Waals surface area contributed by atoms with Crippen LogP contribution in [0.1, 0.15) is 26.6 Å². The Morgan fingerprint density at radius 1 is 1.00 bits per heavy atom. The Labute approximate surface area is 92.9 Å². The maximum absolute atomic E-state index is 11.7. The summed E-state index contributed by atoms with van der Waals surface area (Å²) < 4.78 is 2.93. The van der Waals surface area contributed by atoms with Crippen molar-refractivity contribution < 1.29 is 0 Å². The molecule has 0 bridgehead atoms. The standard InChI is InChI=1S/C10H15N5O/c1-10(2,3)8-11-6-7(12-13-8)15(5)9(16)14(6)4/h1-5H3. The Balaban J connectivity index is 2.82. The van der Waals surface area contributed by atoms with Gasteiger partial charge in [0.2, 0.25) is 5.65 Å². The molecule has 0 saturated carbocycles. The lowest BCUT2D eigenvalue weighted by atomic mass is 9.96. The first kappa shape index (κ1) is 10.8. The molecule has 6 nitrogen and oxygen atoms in total. The molecule has 2 heterocycles. The lowest BCUT2D eigenvalue weighted by Crippen LogP contribution is -2.19. The van der Waals surface area contributed by atoms with Crippen molar-refractivity contribution in [2.75, 3.05) is 0 Å². The van der Waals surface area contributed by atoms with E-state index in [9.17, 15) is 4.79 Å². The number of rotatable bonds is 0. The quantitative estimate of drug-likeness (QED) is 0.644. The van der Waals surface area contributed by atoms with Crippen LogP contribution in [0.4, 0.5) is 0 Å². The molecule has 0 aromatic carbocycles. The fraction of sp³-hybridized carbons (Fsp3) is 0.600. The molecule has 2 aromatic rings. The smallest absolute Gasteiger partial charge is 0.278 e. The molecular formula is C10H15N5O. The monoisotopic (exact) mass is 221 g/mol. The first-order chi connectivity index (χ1) is 7.32. The molecule has 0 radical (unpaired) electrons. The van der Waals surface area contributed by atoms with Crippen LogP contribution in [0.2, 0.25) is 0 Å². The summed E-state index contributed by atoms with van der Waals surface area (Å²) in [6.45, 7) is 6.03. The van der Waals surface area contributed by atoms with Gasteiger partial charge in [-0.15, -0.1) is 10.2 Å². The number of aromatic nitrogens is 5. The van der Waals surface area contributed by atoms with Gasteiger partial charge in [0.15, 0.2) is 11.5 Å². The van der Waals surface area contributed by atoms with Gasteiger partial charge in [0.05, 0.1) is 0 Å². The van der Waals surface area contributed by atoms with Gasteiger partial charge in [0.1, 0.15) is 0 Å². The average molecular weight is 221 g/mol. The van der Waals surface area contributed by atoms with Crippen molar-refractivity contribution in [1.29, 1.82) is 0 Å². The van der Waals surface area contributed by atoms with E-state index >= 15 is 0 Å². The van der Waals surface area contributed by atoms with Crippen molar-refractivity contribution in [3.63, 3.8) is 0 Å². The molecule has 6 heteroatoms. The number of hydrogen-bond donors (Lipinski definition) is 0. The Kier molecular flexibility index (Phi) is 2.11. The van der Waals surface area contributed by atoms with E-state index in [4.69, 9.17) is 0 Å². The van der Waals surface area contributed by atoms with Crippen molar-refractivity contribution in [3.8, 4) is 0 Å². The molecule has 2 aromatic heterocycles. The highest BCUT2D eigenvalue weighted by Gasteiger charge is 2.20. The van der Waals surface area contributed by atoms with Gasteiger partial charge in [0.25, 0.3) is 0 Å². The van der Waals surface area contributed by atoms with E-state index < -0.39 is 0 Å². The highest BCUT2D eigenvalue weighted by molar-refractivity contribution is 5.65. The van der Waals surface area contributed by atoms with Gasteiger partial charge in [-0.2, -0.15) is 0 Å². The summed E-state index contributed by atoms with van der Waals surface area (Å²) in [6.07, 6.45) is 0. The van der Waals surface area contributed by atoms with E-state index in [1.807, 2.05) is 20.8 Å². The van der Waals surface area contributed by atoms with Crippen molar-refractivity contribution in [1.82, 2.24) is 24.3 Å². The molecule has 0 unspecified atom stereocenters. The second-order valence-corrected chi connectivity index (χ2v) is 4.93. The molecule has 0 amide bonds. The minimum Gasteiger partial charge on any atom is -0.278 e. The van der Waals surface area contributed by atoms with E-state index in [2.05, 4.69) is 15.2 Å². The minimum absolute atomic E-state index is 0.136. The number of hydrogen-bond acceptors (Lipinski definition) is 4. The summed E-state index contributed by atoms with van der Waals surface area (Å²) in [5.74, 6) is 0.640. The fourth-order valence-electron chi connectivity index (χ4n) is 1.48. The lowest BCUT2D eigenvalue weighted by Gasteiger charge is -2.14. The van der Waals surface area contributed by atoms with Gasteiger partial charge in [-0.1, -0.05) is 20.8 Å². The second-order valence-electron chi connectivity index (χ2n) is 4.93. The Morgan fingerprint density at radius 2 is 1.56 bits per heavy atom. The average Bonchev–Trinajstić information content (AvgIpc) is 2.43. The van der Waals surface area contributed by atoms with Crippen LogP contribution < -0.4 is 5.69 Å². The van der Waals surface area contributed by atoms with Crippen LogP contribution >= 0.6 is 0 Å². The molecule has 0 aliphatic carbocycles. The summed E-state index contributed by atoms with van der Waals surface area (Å²) in [5, 5.41) is 8.12. The number of fused-ring (bicyclic) bond motifs is 1. The topological polar surface area (TPSA) is 65.6 Å². The van der Waals surface area contributed by atoms with Gasteiger partial charge in [-0.05, 0) is 0 Å². The molecule has 0 atom stereocenters. The highest BCUT2D eigenvalue weighted by Crippen LogP contribution is 2.18. The SMILES string of the molecule is Cn1c(=O)n(C)c2nc(C(C)(C)C)nnc21. The zero-order valence-electron chi connectivity index (χ0n) is 10.1. The minimum atomic E-state index is -0.174. The van der Waals surface area contributed by atoms with Crippen LogP contribution in [0.25, 0.3) is 11.3 Å². The van der Waals surface area contributed by atoms with Gasteiger partial charge in [0, 0.05) is 19.5 Å². The molecule has 0 spiro atoms. The summed E-state index contributed by atoms with van der Waals surface area (Å²) in [6, 6.07) is 0. The third-order valence-electron chi connectivity index (χ3n) is 2.53. The molecule has 0 aliphatic heterocycles. The third-order valence-corrected chi connectivity index (χ3v) is 2.53. The van der Waals surface area contributed by atoms with E-state index in [1.54, 1.807) is 14.1 Å². The van der Waals surface area contributed by atoms with Gasteiger partial charge >= 0.3 is 5.69 Å². The number of nitrogens with zero attached hydrogens (tertiary/aromatic N) is 5. The molecule has 86 valence electrons. The number of aryl methyl sites for hydroxylation is 2. The normalized spacial score (nSPS) is 12.3. The van der Waals surface area contributed by atoms with Crippen molar-refractivity contribution in [2.45, 2.75) is 26.2 Å². The van der Waals surface area contributed by atoms with Crippen LogP contribution in [0.15, 0.2) is 4.79 Å². The van der Waals surface area contributed by atoms with Crippen LogP contribution in [0.5, 0.6) is 0 Å². The van der Waals surface area contributed by atoms with Crippen LogP contribution in [-0.2, 0) is 19.5 Å². The van der Waals surface area contributed by atoms with E-state index in [1.165, 1.54) is 9.13 Å². The molecule has 0 aliphatic rings. The summed E-state index contributed by atoms with van der Waals surface area (Å²) in [5.41, 5.74) is 0.781. The predicted octanol–water partition coefficient (Wildman–Crippen LogP) is 0.359. The molecule has 0 saturated heterocycles. The summed E-state index contributed by atoms with van der Waals surface area (Å²) in [4.78, 5) is 16.1. The van der Waals surface area contributed by atoms with Gasteiger partial charge < -0.3 is 0 Å².